The third-order valence-electron chi connectivity index (χ3n) is 3.73. The lowest BCUT2D eigenvalue weighted by molar-refractivity contribution is -0.255. The largest absolute Gasteiger partial charge is 0.545 e. The number of benzene rings is 1. The lowest BCUT2D eigenvalue weighted by atomic mass is 10.0. The molecule has 1 amide bonds. The minimum Gasteiger partial charge on any atom is -0.545 e. The van der Waals surface area contributed by atoms with Crippen LogP contribution in [0.2, 0.25) is 10.0 Å². The summed E-state index contributed by atoms with van der Waals surface area (Å²) in [4.78, 5) is 25.5. The number of likely N-dealkylation sites (tertiary alicyclic amines) is 1. The van der Waals surface area contributed by atoms with Gasteiger partial charge in [-0.15, -0.1) is 0 Å². The summed E-state index contributed by atoms with van der Waals surface area (Å²) in [6.45, 7) is 3.65. The fraction of sp³-hybridized carbons (Fsp3) is 0.500. The number of halogens is 2. The van der Waals surface area contributed by atoms with Crippen LogP contribution in [0.3, 0.4) is 0 Å². The molecule has 1 aliphatic rings. The van der Waals surface area contributed by atoms with Gasteiger partial charge in [0.1, 0.15) is 0 Å². The molecule has 2 rings (SSSR count). The van der Waals surface area contributed by atoms with Crippen molar-refractivity contribution in [2.24, 2.45) is 0 Å². The number of amides is 1. The molecule has 0 unspecified atom stereocenters. The second-order valence-corrected chi connectivity index (χ2v) is 6.30. The molecule has 5 nitrogen and oxygen atoms in total. The number of nitrogens with zero attached hydrogens (tertiary/aromatic N) is 1. The Balaban J connectivity index is 2.22. The zero-order chi connectivity index (χ0) is 17.0. The van der Waals surface area contributed by atoms with Gasteiger partial charge < -0.3 is 19.5 Å². The molecule has 0 saturated carbocycles. The van der Waals surface area contributed by atoms with E-state index >= 15 is 0 Å². The van der Waals surface area contributed by atoms with E-state index in [0.29, 0.717) is 19.7 Å². The Morgan fingerprint density at radius 2 is 1.96 bits per heavy atom. The van der Waals surface area contributed by atoms with Crippen LogP contribution in [0.15, 0.2) is 12.1 Å². The lowest BCUT2D eigenvalue weighted by Crippen LogP contribution is -2.44. The fourth-order valence-electron chi connectivity index (χ4n) is 2.61. The Morgan fingerprint density at radius 3 is 2.57 bits per heavy atom. The van der Waals surface area contributed by atoms with Gasteiger partial charge in [-0.2, -0.15) is 0 Å². The van der Waals surface area contributed by atoms with Gasteiger partial charge in [-0.25, -0.2) is 0 Å². The van der Waals surface area contributed by atoms with E-state index < -0.39 is 11.9 Å². The number of carbonyl (C=O) groups is 2. The van der Waals surface area contributed by atoms with Gasteiger partial charge in [-0.05, 0) is 31.4 Å². The molecule has 1 aromatic rings. The first-order valence-corrected chi connectivity index (χ1v) is 8.31. The van der Waals surface area contributed by atoms with Gasteiger partial charge in [0.25, 0.3) is 5.91 Å². The summed E-state index contributed by atoms with van der Waals surface area (Å²) < 4.78 is 5.70. The molecule has 1 fully saturated rings. The molecule has 1 aliphatic heterocycles. The van der Waals surface area contributed by atoms with Crippen molar-refractivity contribution in [3.8, 4) is 0 Å². The van der Waals surface area contributed by atoms with Crippen molar-refractivity contribution in [2.45, 2.75) is 32.3 Å². The molecule has 0 aromatic heterocycles. The number of piperidine rings is 1. The number of aromatic carboxylic acids is 1. The van der Waals surface area contributed by atoms with Gasteiger partial charge in [0.2, 0.25) is 0 Å². The molecule has 1 atom stereocenters. The summed E-state index contributed by atoms with van der Waals surface area (Å²) >= 11 is 11.8. The molecule has 1 heterocycles. The first-order chi connectivity index (χ1) is 10.9. The van der Waals surface area contributed by atoms with E-state index in [-0.39, 0.29) is 27.3 Å². The van der Waals surface area contributed by atoms with Crippen molar-refractivity contribution in [3.05, 3.63) is 33.3 Å². The van der Waals surface area contributed by atoms with Crippen molar-refractivity contribution in [1.82, 2.24) is 4.90 Å². The monoisotopic (exact) mass is 358 g/mol. The highest BCUT2D eigenvalue weighted by Crippen LogP contribution is 2.27. The zero-order valence-corrected chi connectivity index (χ0v) is 14.3. The Labute approximate surface area is 145 Å². The Hall–Kier alpha value is -1.30. The van der Waals surface area contributed by atoms with Crippen LogP contribution in [0.25, 0.3) is 0 Å². The van der Waals surface area contributed by atoms with Crippen LogP contribution in [0.5, 0.6) is 0 Å². The third kappa shape index (κ3) is 4.37. The molecule has 1 aromatic carbocycles. The highest BCUT2D eigenvalue weighted by atomic mass is 35.5. The number of carboxylic acid groups (broad SMARTS) is 1. The Kier molecular flexibility index (Phi) is 6.27. The minimum absolute atomic E-state index is 0.00413. The average molecular weight is 359 g/mol. The molecule has 0 aliphatic carbocycles. The van der Waals surface area contributed by atoms with Crippen molar-refractivity contribution in [1.29, 1.82) is 0 Å². The smallest absolute Gasteiger partial charge is 0.254 e. The van der Waals surface area contributed by atoms with E-state index in [1.807, 2.05) is 6.92 Å². The fourth-order valence-corrected chi connectivity index (χ4v) is 2.93. The van der Waals surface area contributed by atoms with E-state index in [0.717, 1.165) is 25.3 Å². The van der Waals surface area contributed by atoms with Crippen molar-refractivity contribution in [3.63, 3.8) is 0 Å². The van der Waals surface area contributed by atoms with Crippen LogP contribution < -0.4 is 5.11 Å². The molecule has 0 spiro atoms. The van der Waals surface area contributed by atoms with Crippen LogP contribution in [0.1, 0.15) is 46.9 Å². The molecule has 1 saturated heterocycles. The van der Waals surface area contributed by atoms with Crippen LogP contribution in [0.4, 0.5) is 0 Å². The number of rotatable bonds is 5. The number of hydrogen-bond donors (Lipinski definition) is 0. The van der Waals surface area contributed by atoms with Gasteiger partial charge in [-0.3, -0.25) is 4.79 Å². The summed E-state index contributed by atoms with van der Waals surface area (Å²) in [5.41, 5.74) is -0.253. The summed E-state index contributed by atoms with van der Waals surface area (Å²) in [5, 5.41) is 11.5. The van der Waals surface area contributed by atoms with Gasteiger partial charge in [-0.1, -0.05) is 30.1 Å². The van der Waals surface area contributed by atoms with Crippen molar-refractivity contribution >= 4 is 35.1 Å². The third-order valence-corrected chi connectivity index (χ3v) is 4.46. The van der Waals surface area contributed by atoms with Crippen LogP contribution in [-0.2, 0) is 4.74 Å². The molecule has 0 bridgehead atoms. The predicted octanol–water partition coefficient (Wildman–Crippen LogP) is 2.39. The number of hydrogen-bond acceptors (Lipinski definition) is 4. The average Bonchev–Trinajstić information content (AvgIpc) is 2.54. The minimum atomic E-state index is -1.46. The van der Waals surface area contributed by atoms with E-state index in [9.17, 15) is 14.7 Å². The van der Waals surface area contributed by atoms with E-state index in [1.54, 1.807) is 4.90 Å². The van der Waals surface area contributed by atoms with Gasteiger partial charge in [0.15, 0.2) is 0 Å². The topological polar surface area (TPSA) is 69.7 Å². The molecule has 7 heteroatoms. The summed E-state index contributed by atoms with van der Waals surface area (Å²) in [5.74, 6) is -1.85. The summed E-state index contributed by atoms with van der Waals surface area (Å²) in [6.07, 6.45) is 2.58. The molecule has 126 valence electrons. The highest BCUT2D eigenvalue weighted by Gasteiger charge is 2.27. The second-order valence-electron chi connectivity index (χ2n) is 5.49. The number of ether oxygens (including phenoxy) is 1. The first kappa shape index (κ1) is 18.0. The Morgan fingerprint density at radius 1 is 1.30 bits per heavy atom. The lowest BCUT2D eigenvalue weighted by Gasteiger charge is -2.33. The normalized spacial score (nSPS) is 18.0. The van der Waals surface area contributed by atoms with Crippen LogP contribution >= 0.6 is 23.2 Å². The summed E-state index contributed by atoms with van der Waals surface area (Å²) in [6, 6.07) is 2.44. The van der Waals surface area contributed by atoms with E-state index in [4.69, 9.17) is 27.9 Å². The molecular formula is C16H18Cl2NO4-. The quantitative estimate of drug-likeness (QED) is 0.810. The zero-order valence-electron chi connectivity index (χ0n) is 12.8. The van der Waals surface area contributed by atoms with Crippen molar-refractivity contribution in [2.75, 3.05) is 19.7 Å². The van der Waals surface area contributed by atoms with Crippen LogP contribution in [-0.4, -0.2) is 42.6 Å². The van der Waals surface area contributed by atoms with E-state index in [2.05, 4.69) is 0 Å². The van der Waals surface area contributed by atoms with E-state index in [1.165, 1.54) is 6.07 Å². The van der Waals surface area contributed by atoms with Gasteiger partial charge in [0.05, 0.1) is 27.7 Å². The summed E-state index contributed by atoms with van der Waals surface area (Å²) in [7, 11) is 0. The highest BCUT2D eigenvalue weighted by molar-refractivity contribution is 6.42. The Bertz CT molecular complexity index is 606. The van der Waals surface area contributed by atoms with Crippen molar-refractivity contribution < 1.29 is 19.4 Å². The SMILES string of the molecule is CCCO[C@@H]1CCCN(C(=O)c2cc(Cl)c(Cl)cc2C(=O)[O-])C1. The molecule has 0 radical (unpaired) electrons. The number of carbonyl (C=O) groups excluding carboxylic acids is 2. The van der Waals surface area contributed by atoms with Gasteiger partial charge >= 0.3 is 0 Å². The molecule has 23 heavy (non-hydrogen) atoms. The maximum atomic E-state index is 12.7. The maximum absolute atomic E-state index is 12.7. The molecular weight excluding hydrogens is 341 g/mol. The predicted molar refractivity (Wildman–Crippen MR) is 86.0 cm³/mol. The molecule has 0 N–H and O–H groups in total. The second kappa shape index (κ2) is 7.99. The first-order valence-electron chi connectivity index (χ1n) is 7.55. The standard InChI is InChI=1S/C16H19Cl2NO4/c1-2-6-23-10-4-3-5-19(9-10)15(20)11-7-13(17)14(18)8-12(11)16(21)22/h7-8,10H,2-6,9H2,1H3,(H,21,22)/p-1/t10-/m1/s1. The number of carboxylic acids is 1. The maximum Gasteiger partial charge on any atom is 0.254 e. The van der Waals surface area contributed by atoms with Gasteiger partial charge in [0, 0.05) is 25.3 Å². The van der Waals surface area contributed by atoms with Crippen LogP contribution in [0, 0.1) is 0 Å².